The quantitative estimate of drug-likeness (QED) is 0.755. The summed E-state index contributed by atoms with van der Waals surface area (Å²) in [5, 5.41) is 0. The van der Waals surface area contributed by atoms with Gasteiger partial charge in [0.25, 0.3) is 0 Å². The molecule has 2 nitrogen and oxygen atoms in total. The summed E-state index contributed by atoms with van der Waals surface area (Å²) >= 11 is 0. The highest BCUT2D eigenvalue weighted by atomic mass is 19.4. The first-order valence-electron chi connectivity index (χ1n) is 4.99. The molecule has 0 saturated carbocycles. The van der Waals surface area contributed by atoms with Crippen molar-refractivity contribution in [3.8, 4) is 0 Å². The van der Waals surface area contributed by atoms with Crippen LogP contribution in [0.15, 0.2) is 36.6 Å². The van der Waals surface area contributed by atoms with Gasteiger partial charge in [-0.25, -0.2) is 0 Å². The third-order valence-corrected chi connectivity index (χ3v) is 2.49. The fraction of sp³-hybridized carbons (Fsp3) is 0.250. The summed E-state index contributed by atoms with van der Waals surface area (Å²) in [6, 6.07) is 4.64. The Labute approximate surface area is 95.7 Å². The zero-order valence-corrected chi connectivity index (χ0v) is 8.70. The summed E-state index contributed by atoms with van der Waals surface area (Å²) in [6.07, 6.45) is -2.10. The van der Waals surface area contributed by atoms with Crippen molar-refractivity contribution in [2.24, 2.45) is 0 Å². The lowest BCUT2D eigenvalue weighted by Gasteiger charge is -2.19. The maximum Gasteiger partial charge on any atom is 0.416 e. The van der Waals surface area contributed by atoms with Crippen molar-refractivity contribution in [2.45, 2.75) is 18.7 Å². The Morgan fingerprint density at radius 1 is 1.18 bits per heavy atom. The number of alkyl halides is 3. The van der Waals surface area contributed by atoms with E-state index in [1.165, 1.54) is 24.5 Å². The average molecular weight is 242 g/mol. The van der Waals surface area contributed by atoms with Gasteiger partial charge in [0, 0.05) is 6.08 Å². The van der Waals surface area contributed by atoms with Crippen molar-refractivity contribution < 1.29 is 22.7 Å². The molecule has 0 N–H and O–H groups in total. The van der Waals surface area contributed by atoms with Gasteiger partial charge in [0.1, 0.15) is 6.10 Å². The zero-order valence-electron chi connectivity index (χ0n) is 8.70. The molecule has 0 bridgehead atoms. The molecule has 17 heavy (non-hydrogen) atoms. The van der Waals surface area contributed by atoms with Crippen LogP contribution in [0.2, 0.25) is 0 Å². The average Bonchev–Trinajstić information content (AvgIpc) is 2.28. The van der Waals surface area contributed by atoms with Gasteiger partial charge in [-0.3, -0.25) is 4.79 Å². The van der Waals surface area contributed by atoms with E-state index in [-0.39, 0.29) is 12.2 Å². The molecule has 1 aliphatic heterocycles. The Morgan fingerprint density at radius 2 is 1.82 bits per heavy atom. The molecule has 0 fully saturated rings. The Morgan fingerprint density at radius 3 is 2.35 bits per heavy atom. The summed E-state index contributed by atoms with van der Waals surface area (Å²) in [5.74, 6) is -0.0962. The summed E-state index contributed by atoms with van der Waals surface area (Å²) in [7, 11) is 0. The van der Waals surface area contributed by atoms with Gasteiger partial charge in [-0.05, 0) is 17.7 Å². The Hall–Kier alpha value is -1.78. The summed E-state index contributed by atoms with van der Waals surface area (Å²) in [4.78, 5) is 11.1. The van der Waals surface area contributed by atoms with Crippen LogP contribution < -0.4 is 0 Å². The van der Waals surface area contributed by atoms with E-state index in [1.807, 2.05) is 0 Å². The first kappa shape index (κ1) is 11.7. The van der Waals surface area contributed by atoms with Crippen molar-refractivity contribution in [3.05, 3.63) is 47.7 Å². The molecule has 0 radical (unpaired) electrons. The number of halogens is 3. The lowest BCUT2D eigenvalue weighted by atomic mass is 10.0. The third kappa shape index (κ3) is 2.67. The fourth-order valence-corrected chi connectivity index (χ4v) is 1.59. The minimum Gasteiger partial charge on any atom is -0.493 e. The highest BCUT2D eigenvalue weighted by molar-refractivity contribution is 5.90. The van der Waals surface area contributed by atoms with Crippen LogP contribution in [0.5, 0.6) is 0 Å². The molecule has 1 aromatic carbocycles. The van der Waals surface area contributed by atoms with Crippen LogP contribution in [-0.4, -0.2) is 5.78 Å². The van der Waals surface area contributed by atoms with E-state index < -0.39 is 17.8 Å². The van der Waals surface area contributed by atoms with E-state index >= 15 is 0 Å². The van der Waals surface area contributed by atoms with E-state index in [4.69, 9.17) is 4.74 Å². The van der Waals surface area contributed by atoms with Crippen LogP contribution in [0.25, 0.3) is 0 Å². The molecule has 0 saturated heterocycles. The lowest BCUT2D eigenvalue weighted by Crippen LogP contribution is -2.12. The molecule has 5 heteroatoms. The number of ether oxygens (including phenoxy) is 1. The molecule has 1 aromatic rings. The Kier molecular flexibility index (Phi) is 2.92. The molecule has 0 spiro atoms. The van der Waals surface area contributed by atoms with E-state index in [2.05, 4.69) is 0 Å². The third-order valence-electron chi connectivity index (χ3n) is 2.49. The predicted octanol–water partition coefficient (Wildman–Crippen LogP) is 3.25. The topological polar surface area (TPSA) is 26.3 Å². The van der Waals surface area contributed by atoms with Crippen LogP contribution in [0.4, 0.5) is 13.2 Å². The monoisotopic (exact) mass is 242 g/mol. The van der Waals surface area contributed by atoms with Gasteiger partial charge < -0.3 is 4.74 Å². The summed E-state index contributed by atoms with van der Waals surface area (Å²) < 4.78 is 42.2. The largest absolute Gasteiger partial charge is 0.493 e. The van der Waals surface area contributed by atoms with Crippen molar-refractivity contribution in [3.63, 3.8) is 0 Å². The highest BCUT2D eigenvalue weighted by Gasteiger charge is 2.30. The number of hydrogen-bond donors (Lipinski definition) is 0. The number of carbonyl (C=O) groups excluding carboxylic acids is 1. The number of rotatable bonds is 1. The first-order chi connectivity index (χ1) is 7.97. The molecule has 2 rings (SSSR count). The molecule has 90 valence electrons. The Balaban J connectivity index is 2.18. The summed E-state index contributed by atoms with van der Waals surface area (Å²) in [5.41, 5.74) is -0.144. The van der Waals surface area contributed by atoms with Crippen LogP contribution >= 0.6 is 0 Å². The number of allylic oxidation sites excluding steroid dienone is 1. The Bertz CT molecular complexity index is 446. The zero-order chi connectivity index (χ0) is 12.5. The molecule has 0 amide bonds. The van der Waals surface area contributed by atoms with Gasteiger partial charge in [-0.2, -0.15) is 13.2 Å². The SMILES string of the molecule is O=C1C=CO[C@H](c2ccc(C(F)(F)F)cc2)C1. The van der Waals surface area contributed by atoms with Gasteiger partial charge in [-0.15, -0.1) is 0 Å². The summed E-state index contributed by atoms with van der Waals surface area (Å²) in [6.45, 7) is 0. The molecule has 1 atom stereocenters. The fourth-order valence-electron chi connectivity index (χ4n) is 1.59. The standard InChI is InChI=1S/C12H9F3O2/c13-12(14,15)9-3-1-8(2-4-9)11-7-10(16)5-6-17-11/h1-6,11H,7H2/t11-/m0/s1. The van der Waals surface area contributed by atoms with Crippen molar-refractivity contribution in [2.75, 3.05) is 0 Å². The number of carbonyl (C=O) groups is 1. The number of benzene rings is 1. The van der Waals surface area contributed by atoms with E-state index in [1.54, 1.807) is 0 Å². The van der Waals surface area contributed by atoms with E-state index in [0.29, 0.717) is 5.56 Å². The van der Waals surface area contributed by atoms with Crippen LogP contribution in [0.1, 0.15) is 23.7 Å². The molecule has 1 aliphatic rings. The molecular weight excluding hydrogens is 233 g/mol. The van der Waals surface area contributed by atoms with Gasteiger partial charge in [-0.1, -0.05) is 12.1 Å². The van der Waals surface area contributed by atoms with Crippen molar-refractivity contribution in [1.29, 1.82) is 0 Å². The van der Waals surface area contributed by atoms with Gasteiger partial charge in [0.2, 0.25) is 0 Å². The molecular formula is C12H9F3O2. The second kappa shape index (κ2) is 4.24. The first-order valence-corrected chi connectivity index (χ1v) is 4.99. The predicted molar refractivity (Wildman–Crippen MR) is 54.0 cm³/mol. The maximum absolute atomic E-state index is 12.3. The van der Waals surface area contributed by atoms with Crippen molar-refractivity contribution >= 4 is 5.78 Å². The lowest BCUT2D eigenvalue weighted by molar-refractivity contribution is -0.137. The van der Waals surface area contributed by atoms with Crippen LogP contribution in [0.3, 0.4) is 0 Å². The van der Waals surface area contributed by atoms with Crippen LogP contribution in [-0.2, 0) is 15.7 Å². The van der Waals surface area contributed by atoms with Crippen molar-refractivity contribution in [1.82, 2.24) is 0 Å². The van der Waals surface area contributed by atoms with Crippen LogP contribution in [0, 0.1) is 0 Å². The molecule has 0 unspecified atom stereocenters. The minimum absolute atomic E-state index is 0.0962. The minimum atomic E-state index is -4.35. The number of ketones is 1. The van der Waals surface area contributed by atoms with E-state index in [9.17, 15) is 18.0 Å². The molecule has 0 aliphatic carbocycles. The maximum atomic E-state index is 12.3. The highest BCUT2D eigenvalue weighted by Crippen LogP contribution is 2.31. The number of hydrogen-bond acceptors (Lipinski definition) is 2. The second-order valence-electron chi connectivity index (χ2n) is 3.72. The molecule has 0 aromatic heterocycles. The van der Waals surface area contributed by atoms with E-state index in [0.717, 1.165) is 12.1 Å². The molecule has 1 heterocycles. The van der Waals surface area contributed by atoms with Gasteiger partial charge >= 0.3 is 6.18 Å². The van der Waals surface area contributed by atoms with Gasteiger partial charge in [0.15, 0.2) is 5.78 Å². The normalized spacial score (nSPS) is 20.2. The smallest absolute Gasteiger partial charge is 0.416 e. The second-order valence-corrected chi connectivity index (χ2v) is 3.72. The van der Waals surface area contributed by atoms with Gasteiger partial charge in [0.05, 0.1) is 18.2 Å².